The number of H-pyrrole nitrogens is 1. The number of rotatable bonds is 5. The maximum absolute atomic E-state index is 12.7. The minimum Gasteiger partial charge on any atom is -0.464 e. The summed E-state index contributed by atoms with van der Waals surface area (Å²) in [7, 11) is 2.03. The molecule has 0 radical (unpaired) electrons. The minimum atomic E-state index is -0.127. The van der Waals surface area contributed by atoms with Crippen molar-refractivity contribution in [2.45, 2.75) is 19.5 Å². The van der Waals surface area contributed by atoms with Gasteiger partial charge in [-0.2, -0.15) is 0 Å². The smallest absolute Gasteiger partial charge is 0.260 e. The normalized spacial score (nSPS) is 12.7. The molecule has 132 valence electrons. The molecule has 0 amide bonds. The van der Waals surface area contributed by atoms with E-state index in [0.717, 1.165) is 16.9 Å². The Kier molecular flexibility index (Phi) is 4.44. The van der Waals surface area contributed by atoms with Crippen LogP contribution in [0, 0.1) is 0 Å². The Bertz CT molecular complexity index is 1070. The third-order valence-electron chi connectivity index (χ3n) is 4.58. The fourth-order valence-corrected chi connectivity index (χ4v) is 3.93. The molecule has 0 aliphatic heterocycles. The molecule has 0 aliphatic rings. The van der Waals surface area contributed by atoms with Gasteiger partial charge in [0.05, 0.1) is 17.7 Å². The van der Waals surface area contributed by atoms with Crippen molar-refractivity contribution in [3.8, 4) is 11.3 Å². The summed E-state index contributed by atoms with van der Waals surface area (Å²) in [5.41, 5.74) is 1.89. The number of thiophene rings is 1. The molecular weight excluding hydrogens is 346 g/mol. The van der Waals surface area contributed by atoms with E-state index in [-0.39, 0.29) is 11.6 Å². The van der Waals surface area contributed by atoms with Gasteiger partial charge in [-0.3, -0.25) is 9.69 Å². The molecule has 0 spiro atoms. The van der Waals surface area contributed by atoms with Crippen LogP contribution in [-0.4, -0.2) is 21.9 Å². The van der Waals surface area contributed by atoms with Gasteiger partial charge in [-0.25, -0.2) is 4.98 Å². The molecule has 4 aromatic rings. The Morgan fingerprint density at radius 3 is 2.77 bits per heavy atom. The maximum atomic E-state index is 12.7. The second-order valence-electron chi connectivity index (χ2n) is 6.33. The fraction of sp³-hybridized carbons (Fsp3) is 0.200. The van der Waals surface area contributed by atoms with Gasteiger partial charge in [-0.1, -0.05) is 30.3 Å². The molecule has 0 saturated heterocycles. The molecule has 0 bridgehead atoms. The molecular formula is C20H19N3O2S. The van der Waals surface area contributed by atoms with E-state index in [9.17, 15) is 4.79 Å². The van der Waals surface area contributed by atoms with E-state index in [4.69, 9.17) is 9.40 Å². The number of nitrogens with one attached hydrogen (secondary N) is 1. The minimum absolute atomic E-state index is 0.0125. The van der Waals surface area contributed by atoms with E-state index in [2.05, 4.69) is 22.0 Å². The molecule has 5 nitrogen and oxygen atoms in total. The highest BCUT2D eigenvalue weighted by atomic mass is 32.1. The Balaban J connectivity index is 1.66. The highest BCUT2D eigenvalue weighted by Gasteiger charge is 2.19. The largest absolute Gasteiger partial charge is 0.464 e. The number of fused-ring (bicyclic) bond motifs is 1. The van der Waals surface area contributed by atoms with Crippen LogP contribution in [0.4, 0.5) is 0 Å². The van der Waals surface area contributed by atoms with Crippen molar-refractivity contribution in [3.63, 3.8) is 0 Å². The van der Waals surface area contributed by atoms with Crippen LogP contribution in [0.1, 0.15) is 24.4 Å². The summed E-state index contributed by atoms with van der Waals surface area (Å²) in [6.45, 7) is 2.83. The highest BCUT2D eigenvalue weighted by Crippen LogP contribution is 2.31. The van der Waals surface area contributed by atoms with Gasteiger partial charge in [0, 0.05) is 17.5 Å². The van der Waals surface area contributed by atoms with E-state index in [1.807, 2.05) is 49.7 Å². The summed E-state index contributed by atoms with van der Waals surface area (Å²) in [5.74, 6) is 1.36. The molecule has 0 aliphatic carbocycles. The van der Waals surface area contributed by atoms with Crippen LogP contribution in [-0.2, 0) is 6.54 Å². The van der Waals surface area contributed by atoms with Crippen molar-refractivity contribution < 1.29 is 4.42 Å². The Morgan fingerprint density at radius 2 is 2.04 bits per heavy atom. The number of hydrogen-bond donors (Lipinski definition) is 1. The fourth-order valence-electron chi connectivity index (χ4n) is 2.99. The first-order valence-electron chi connectivity index (χ1n) is 8.43. The van der Waals surface area contributed by atoms with Gasteiger partial charge in [0.25, 0.3) is 5.56 Å². The molecule has 6 heteroatoms. The first-order chi connectivity index (χ1) is 12.6. The molecule has 0 unspecified atom stereocenters. The lowest BCUT2D eigenvalue weighted by Crippen LogP contribution is -2.25. The summed E-state index contributed by atoms with van der Waals surface area (Å²) in [4.78, 5) is 23.3. The SMILES string of the molecule is C[C@@H](c1nc2scc(-c3ccco3)c2c(=O)[nH]1)N(C)Cc1ccccc1. The van der Waals surface area contributed by atoms with E-state index < -0.39 is 0 Å². The lowest BCUT2D eigenvalue weighted by atomic mass is 10.1. The Labute approximate surface area is 154 Å². The molecule has 1 N–H and O–H groups in total. The topological polar surface area (TPSA) is 62.1 Å². The molecule has 26 heavy (non-hydrogen) atoms. The van der Waals surface area contributed by atoms with E-state index in [1.165, 1.54) is 16.9 Å². The van der Waals surface area contributed by atoms with Crippen LogP contribution in [0.5, 0.6) is 0 Å². The third kappa shape index (κ3) is 3.09. The van der Waals surface area contributed by atoms with Crippen LogP contribution in [0.3, 0.4) is 0 Å². The summed E-state index contributed by atoms with van der Waals surface area (Å²) < 4.78 is 5.44. The molecule has 3 heterocycles. The van der Waals surface area contributed by atoms with Crippen molar-refractivity contribution in [1.29, 1.82) is 0 Å². The van der Waals surface area contributed by atoms with Crippen molar-refractivity contribution in [2.24, 2.45) is 0 Å². The van der Waals surface area contributed by atoms with Crippen LogP contribution in [0.2, 0.25) is 0 Å². The summed E-state index contributed by atoms with van der Waals surface area (Å²) in [6, 6.07) is 13.9. The van der Waals surface area contributed by atoms with E-state index >= 15 is 0 Å². The summed E-state index contributed by atoms with van der Waals surface area (Å²) >= 11 is 1.46. The lowest BCUT2D eigenvalue weighted by Gasteiger charge is -2.23. The van der Waals surface area contributed by atoms with Gasteiger partial charge in [0.2, 0.25) is 0 Å². The predicted octanol–water partition coefficient (Wildman–Crippen LogP) is 4.44. The number of aromatic nitrogens is 2. The zero-order valence-electron chi connectivity index (χ0n) is 14.6. The average molecular weight is 365 g/mol. The van der Waals surface area contributed by atoms with Gasteiger partial charge in [-0.15, -0.1) is 11.3 Å². The molecule has 1 atom stereocenters. The second-order valence-corrected chi connectivity index (χ2v) is 7.19. The zero-order chi connectivity index (χ0) is 18.1. The number of aromatic amines is 1. The van der Waals surface area contributed by atoms with Crippen molar-refractivity contribution in [3.05, 3.63) is 75.8 Å². The van der Waals surface area contributed by atoms with Crippen LogP contribution < -0.4 is 5.56 Å². The first-order valence-corrected chi connectivity index (χ1v) is 9.31. The first kappa shape index (κ1) is 16.8. The van der Waals surface area contributed by atoms with Crippen molar-refractivity contribution in [1.82, 2.24) is 14.9 Å². The monoisotopic (exact) mass is 365 g/mol. The van der Waals surface area contributed by atoms with Crippen LogP contribution in [0.15, 0.2) is 63.3 Å². The lowest BCUT2D eigenvalue weighted by molar-refractivity contribution is 0.244. The maximum Gasteiger partial charge on any atom is 0.260 e. The number of benzene rings is 1. The number of hydrogen-bond acceptors (Lipinski definition) is 5. The Hall–Kier alpha value is -2.70. The van der Waals surface area contributed by atoms with Crippen LogP contribution in [0.25, 0.3) is 21.5 Å². The van der Waals surface area contributed by atoms with Gasteiger partial charge in [-0.05, 0) is 31.7 Å². The molecule has 4 rings (SSSR count). The molecule has 0 saturated carbocycles. The summed E-state index contributed by atoms with van der Waals surface area (Å²) in [6.07, 6.45) is 1.61. The van der Waals surface area contributed by atoms with Crippen LogP contribution >= 0.6 is 11.3 Å². The van der Waals surface area contributed by atoms with Gasteiger partial charge in [0.15, 0.2) is 0 Å². The Morgan fingerprint density at radius 1 is 1.23 bits per heavy atom. The number of nitrogens with zero attached hydrogens (tertiary/aromatic N) is 2. The summed E-state index contributed by atoms with van der Waals surface area (Å²) in [5, 5.41) is 2.51. The molecule has 3 aromatic heterocycles. The zero-order valence-corrected chi connectivity index (χ0v) is 15.4. The quantitative estimate of drug-likeness (QED) is 0.568. The van der Waals surface area contributed by atoms with E-state index in [0.29, 0.717) is 17.0 Å². The van der Waals surface area contributed by atoms with E-state index in [1.54, 1.807) is 6.26 Å². The van der Waals surface area contributed by atoms with Crippen molar-refractivity contribution >= 4 is 21.6 Å². The second kappa shape index (κ2) is 6.90. The van der Waals surface area contributed by atoms with Gasteiger partial charge >= 0.3 is 0 Å². The third-order valence-corrected chi connectivity index (χ3v) is 5.45. The standard InChI is InChI=1S/C20H19N3O2S/c1-13(23(2)11-14-7-4-3-5-8-14)18-21-19(24)17-15(12-26-20(17)22-18)16-9-6-10-25-16/h3-10,12-13H,11H2,1-2H3,(H,21,22,24)/t13-/m0/s1. The number of furan rings is 1. The average Bonchev–Trinajstić information content (AvgIpc) is 3.31. The van der Waals surface area contributed by atoms with Crippen molar-refractivity contribution in [2.75, 3.05) is 7.05 Å². The van der Waals surface area contributed by atoms with Gasteiger partial charge in [0.1, 0.15) is 16.4 Å². The molecule has 0 fully saturated rings. The van der Waals surface area contributed by atoms with Gasteiger partial charge < -0.3 is 9.40 Å². The molecule has 1 aromatic carbocycles. The predicted molar refractivity (Wildman–Crippen MR) is 104 cm³/mol. The highest BCUT2D eigenvalue weighted by molar-refractivity contribution is 7.17.